The standard InChI is InChI=1S/C19H23N3O4/c1-21-17(13-16(20-21)14-4-3-5-15(12-14)24-2)18(23)22-8-6-19(7-9-22)25-10-11-26-19/h3-5,12-13H,6-11H2,1-2H3. The average Bonchev–Trinajstić information content (AvgIpc) is 3.29. The van der Waals surface area contributed by atoms with Crippen LogP contribution in [0.5, 0.6) is 5.75 Å². The Labute approximate surface area is 152 Å². The van der Waals surface area contributed by atoms with Gasteiger partial charge in [0.15, 0.2) is 5.79 Å². The number of rotatable bonds is 3. The summed E-state index contributed by atoms with van der Waals surface area (Å²) >= 11 is 0. The highest BCUT2D eigenvalue weighted by atomic mass is 16.7. The summed E-state index contributed by atoms with van der Waals surface area (Å²) in [6, 6.07) is 9.50. The third kappa shape index (κ3) is 3.08. The molecule has 0 aliphatic carbocycles. The number of aryl methyl sites for hydroxylation is 1. The van der Waals surface area contributed by atoms with E-state index in [0.717, 1.165) is 17.0 Å². The molecule has 1 spiro atoms. The summed E-state index contributed by atoms with van der Waals surface area (Å²) in [5.74, 6) is 0.274. The molecule has 0 unspecified atom stereocenters. The van der Waals surface area contributed by atoms with Gasteiger partial charge in [0, 0.05) is 38.5 Å². The maximum atomic E-state index is 13.0. The smallest absolute Gasteiger partial charge is 0.272 e. The Morgan fingerprint density at radius 3 is 2.62 bits per heavy atom. The Balaban J connectivity index is 1.51. The predicted octanol–water partition coefficient (Wildman–Crippen LogP) is 2.07. The summed E-state index contributed by atoms with van der Waals surface area (Å²) in [7, 11) is 3.43. The molecule has 26 heavy (non-hydrogen) atoms. The summed E-state index contributed by atoms with van der Waals surface area (Å²) < 4.78 is 18.4. The van der Waals surface area contributed by atoms with E-state index in [4.69, 9.17) is 14.2 Å². The third-order valence-electron chi connectivity index (χ3n) is 5.09. The van der Waals surface area contributed by atoms with Crippen molar-refractivity contribution >= 4 is 5.91 Å². The van der Waals surface area contributed by atoms with Crippen molar-refractivity contribution in [3.05, 3.63) is 36.0 Å². The van der Waals surface area contributed by atoms with Crippen LogP contribution in [0.15, 0.2) is 30.3 Å². The molecular formula is C19H23N3O4. The molecule has 0 bridgehead atoms. The monoisotopic (exact) mass is 357 g/mol. The van der Waals surface area contributed by atoms with Gasteiger partial charge in [0.25, 0.3) is 5.91 Å². The van der Waals surface area contributed by atoms with Crippen LogP contribution < -0.4 is 4.74 Å². The van der Waals surface area contributed by atoms with Gasteiger partial charge in [0.05, 0.1) is 26.0 Å². The van der Waals surface area contributed by atoms with E-state index < -0.39 is 5.79 Å². The molecule has 2 fully saturated rings. The van der Waals surface area contributed by atoms with Crippen molar-refractivity contribution in [1.29, 1.82) is 0 Å². The molecule has 7 heteroatoms. The number of carbonyl (C=O) groups is 1. The fourth-order valence-corrected chi connectivity index (χ4v) is 3.59. The maximum Gasteiger partial charge on any atom is 0.272 e. The Hall–Kier alpha value is -2.38. The maximum absolute atomic E-state index is 13.0. The highest BCUT2D eigenvalue weighted by Gasteiger charge is 2.41. The number of hydrogen-bond donors (Lipinski definition) is 0. The van der Waals surface area contributed by atoms with E-state index in [-0.39, 0.29) is 5.91 Å². The SMILES string of the molecule is COc1cccc(-c2cc(C(=O)N3CCC4(CC3)OCCO4)n(C)n2)c1. The number of nitrogens with zero attached hydrogens (tertiary/aromatic N) is 3. The summed E-state index contributed by atoms with van der Waals surface area (Å²) in [5, 5.41) is 4.51. The lowest BCUT2D eigenvalue weighted by Gasteiger charge is -2.37. The van der Waals surface area contributed by atoms with Crippen LogP contribution in [0.1, 0.15) is 23.3 Å². The van der Waals surface area contributed by atoms with Gasteiger partial charge in [0.2, 0.25) is 0 Å². The number of carbonyl (C=O) groups excluding carboxylic acids is 1. The summed E-state index contributed by atoms with van der Waals surface area (Å²) in [4.78, 5) is 14.8. The normalized spacial score (nSPS) is 19.1. The van der Waals surface area contributed by atoms with Gasteiger partial charge in [-0.15, -0.1) is 0 Å². The molecule has 3 heterocycles. The molecule has 2 saturated heterocycles. The van der Waals surface area contributed by atoms with Gasteiger partial charge < -0.3 is 19.1 Å². The van der Waals surface area contributed by atoms with E-state index in [1.165, 1.54) is 0 Å². The van der Waals surface area contributed by atoms with Crippen molar-refractivity contribution in [1.82, 2.24) is 14.7 Å². The minimum Gasteiger partial charge on any atom is -0.497 e. The Kier molecular flexibility index (Phi) is 4.42. The lowest BCUT2D eigenvalue weighted by atomic mass is 10.0. The number of ether oxygens (including phenoxy) is 3. The minimum atomic E-state index is -0.477. The highest BCUT2D eigenvalue weighted by Crippen LogP contribution is 2.32. The second-order valence-electron chi connectivity index (χ2n) is 6.67. The molecule has 0 atom stereocenters. The molecule has 2 aromatic rings. The second kappa shape index (κ2) is 6.74. The molecule has 0 saturated carbocycles. The van der Waals surface area contributed by atoms with Crippen LogP contribution in [0.4, 0.5) is 0 Å². The van der Waals surface area contributed by atoms with E-state index in [1.54, 1.807) is 18.8 Å². The summed E-state index contributed by atoms with van der Waals surface area (Å²) in [6.45, 7) is 2.52. The molecule has 138 valence electrons. The molecule has 4 rings (SSSR count). The van der Waals surface area contributed by atoms with Gasteiger partial charge in [-0.25, -0.2) is 0 Å². The molecule has 0 N–H and O–H groups in total. The second-order valence-corrected chi connectivity index (χ2v) is 6.67. The van der Waals surface area contributed by atoms with Crippen LogP contribution in [0, 0.1) is 0 Å². The van der Waals surface area contributed by atoms with Gasteiger partial charge in [-0.1, -0.05) is 12.1 Å². The van der Waals surface area contributed by atoms with E-state index >= 15 is 0 Å². The van der Waals surface area contributed by atoms with Crippen LogP contribution in [-0.2, 0) is 16.5 Å². The van der Waals surface area contributed by atoms with Crippen molar-refractivity contribution < 1.29 is 19.0 Å². The number of methoxy groups -OCH3 is 1. The molecule has 1 amide bonds. The highest BCUT2D eigenvalue weighted by molar-refractivity contribution is 5.93. The van der Waals surface area contributed by atoms with E-state index in [0.29, 0.717) is 44.8 Å². The van der Waals surface area contributed by atoms with Crippen molar-refractivity contribution in [2.75, 3.05) is 33.4 Å². The van der Waals surface area contributed by atoms with E-state index in [9.17, 15) is 4.79 Å². The van der Waals surface area contributed by atoms with Crippen molar-refractivity contribution in [3.8, 4) is 17.0 Å². The molecule has 1 aromatic carbocycles. The molecule has 2 aliphatic heterocycles. The first-order valence-electron chi connectivity index (χ1n) is 8.86. The Morgan fingerprint density at radius 2 is 1.92 bits per heavy atom. The van der Waals surface area contributed by atoms with Crippen LogP contribution in [0.3, 0.4) is 0 Å². The Morgan fingerprint density at radius 1 is 1.19 bits per heavy atom. The zero-order chi connectivity index (χ0) is 18.1. The van der Waals surface area contributed by atoms with Gasteiger partial charge in [-0.2, -0.15) is 5.10 Å². The van der Waals surface area contributed by atoms with Crippen molar-refractivity contribution in [2.45, 2.75) is 18.6 Å². The number of piperidine rings is 1. The van der Waals surface area contributed by atoms with Crippen molar-refractivity contribution in [3.63, 3.8) is 0 Å². The molecule has 1 aromatic heterocycles. The summed E-state index contributed by atoms with van der Waals surface area (Å²) in [5.41, 5.74) is 2.25. The molecule has 0 radical (unpaired) electrons. The first-order chi connectivity index (χ1) is 12.6. The predicted molar refractivity (Wildman–Crippen MR) is 95.0 cm³/mol. The fraction of sp³-hybridized carbons (Fsp3) is 0.474. The topological polar surface area (TPSA) is 65.8 Å². The number of likely N-dealkylation sites (tertiary alicyclic amines) is 1. The van der Waals surface area contributed by atoms with E-state index in [1.807, 2.05) is 35.2 Å². The van der Waals surface area contributed by atoms with Crippen LogP contribution in [0.2, 0.25) is 0 Å². The average molecular weight is 357 g/mol. The first-order valence-corrected chi connectivity index (χ1v) is 8.86. The lowest BCUT2D eigenvalue weighted by Crippen LogP contribution is -2.47. The molecule has 2 aliphatic rings. The zero-order valence-electron chi connectivity index (χ0n) is 15.1. The van der Waals surface area contributed by atoms with E-state index in [2.05, 4.69) is 5.10 Å². The quantitative estimate of drug-likeness (QED) is 0.841. The number of hydrogen-bond acceptors (Lipinski definition) is 5. The molecular weight excluding hydrogens is 334 g/mol. The van der Waals surface area contributed by atoms with Crippen LogP contribution in [-0.4, -0.2) is 59.8 Å². The minimum absolute atomic E-state index is 0.0120. The molecule has 7 nitrogen and oxygen atoms in total. The summed E-state index contributed by atoms with van der Waals surface area (Å²) in [6.07, 6.45) is 1.42. The largest absolute Gasteiger partial charge is 0.497 e. The number of aromatic nitrogens is 2. The number of benzene rings is 1. The van der Waals surface area contributed by atoms with Crippen LogP contribution in [0.25, 0.3) is 11.3 Å². The zero-order valence-corrected chi connectivity index (χ0v) is 15.1. The lowest BCUT2D eigenvalue weighted by molar-refractivity contribution is -0.181. The van der Waals surface area contributed by atoms with Gasteiger partial charge in [0.1, 0.15) is 11.4 Å². The van der Waals surface area contributed by atoms with Crippen LogP contribution >= 0.6 is 0 Å². The van der Waals surface area contributed by atoms with Gasteiger partial charge >= 0.3 is 0 Å². The van der Waals surface area contributed by atoms with Gasteiger partial charge in [-0.3, -0.25) is 9.48 Å². The first kappa shape index (κ1) is 17.1. The fourth-order valence-electron chi connectivity index (χ4n) is 3.59. The van der Waals surface area contributed by atoms with Gasteiger partial charge in [-0.05, 0) is 18.2 Å². The van der Waals surface area contributed by atoms with Crippen molar-refractivity contribution in [2.24, 2.45) is 7.05 Å². The Bertz CT molecular complexity index is 801. The number of amides is 1. The third-order valence-corrected chi connectivity index (χ3v) is 5.09.